The molecule has 1 aromatic carbocycles. The number of ether oxygens (including phenoxy) is 1. The number of nitrogens with one attached hydrogen (secondary N) is 1. The molecule has 0 aliphatic carbocycles. The Bertz CT molecular complexity index is 459. The summed E-state index contributed by atoms with van der Waals surface area (Å²) in [7, 11) is 0. The van der Waals surface area contributed by atoms with E-state index in [9.17, 15) is 13.2 Å². The predicted octanol–water partition coefficient (Wildman–Crippen LogP) is 4.57. The van der Waals surface area contributed by atoms with Gasteiger partial charge in [0.15, 0.2) is 6.61 Å². The Kier molecular flexibility index (Phi) is 4.96. The molecule has 1 aromatic rings. The molecule has 21 heavy (non-hydrogen) atoms. The topological polar surface area (TPSA) is 21.3 Å². The zero-order valence-corrected chi connectivity index (χ0v) is 13.0. The van der Waals surface area contributed by atoms with Gasteiger partial charge in [-0.1, -0.05) is 13.8 Å². The number of hydrogen-bond acceptors (Lipinski definition) is 3. The van der Waals surface area contributed by atoms with Gasteiger partial charge in [0.2, 0.25) is 0 Å². The highest BCUT2D eigenvalue weighted by molar-refractivity contribution is 7.99. The Balaban J connectivity index is 1.93. The van der Waals surface area contributed by atoms with Crippen LogP contribution in [0.5, 0.6) is 5.75 Å². The molecule has 1 unspecified atom stereocenters. The molecule has 6 heteroatoms. The van der Waals surface area contributed by atoms with E-state index in [1.165, 1.54) is 5.75 Å². The molecule has 1 N–H and O–H groups in total. The van der Waals surface area contributed by atoms with Crippen molar-refractivity contribution in [3.05, 3.63) is 24.3 Å². The maximum Gasteiger partial charge on any atom is 0.422 e. The van der Waals surface area contributed by atoms with Crippen LogP contribution in [-0.2, 0) is 0 Å². The predicted molar refractivity (Wildman–Crippen MR) is 81.1 cm³/mol. The van der Waals surface area contributed by atoms with Crippen LogP contribution < -0.4 is 10.1 Å². The van der Waals surface area contributed by atoms with Gasteiger partial charge in [0.25, 0.3) is 0 Å². The first kappa shape index (κ1) is 16.3. The van der Waals surface area contributed by atoms with Crippen LogP contribution in [0, 0.1) is 5.41 Å². The van der Waals surface area contributed by atoms with Gasteiger partial charge >= 0.3 is 6.18 Å². The summed E-state index contributed by atoms with van der Waals surface area (Å²) in [6.45, 7) is 3.22. The second kappa shape index (κ2) is 6.38. The third-order valence-corrected chi connectivity index (χ3v) is 4.78. The van der Waals surface area contributed by atoms with Gasteiger partial charge in [0.05, 0.1) is 0 Å². The monoisotopic (exact) mass is 319 g/mol. The lowest BCUT2D eigenvalue weighted by atomic mass is 9.82. The van der Waals surface area contributed by atoms with Gasteiger partial charge in [-0.25, -0.2) is 0 Å². The number of hydrogen-bond donors (Lipinski definition) is 1. The van der Waals surface area contributed by atoms with Crippen molar-refractivity contribution < 1.29 is 17.9 Å². The van der Waals surface area contributed by atoms with Crippen LogP contribution >= 0.6 is 11.8 Å². The Labute approximate surface area is 127 Å². The van der Waals surface area contributed by atoms with Gasteiger partial charge in [0.1, 0.15) is 5.75 Å². The number of thioether (sulfide) groups is 1. The van der Waals surface area contributed by atoms with Crippen molar-refractivity contribution in [2.75, 3.05) is 23.4 Å². The third kappa shape index (κ3) is 5.02. The second-order valence-corrected chi connectivity index (χ2v) is 7.09. The molecule has 0 bridgehead atoms. The SMILES string of the molecule is CC1(C)CCSCC1Nc1ccc(OCC(F)(F)F)cc1. The molecule has 0 amide bonds. The fraction of sp³-hybridized carbons (Fsp3) is 0.600. The molecule has 1 atom stereocenters. The van der Waals surface area contributed by atoms with Gasteiger partial charge in [-0.05, 0) is 41.9 Å². The molecule has 1 fully saturated rings. The lowest BCUT2D eigenvalue weighted by Gasteiger charge is -2.39. The maximum absolute atomic E-state index is 12.1. The van der Waals surface area contributed by atoms with Crippen LogP contribution in [-0.4, -0.2) is 30.3 Å². The first-order valence-electron chi connectivity index (χ1n) is 6.90. The molecule has 1 heterocycles. The van der Waals surface area contributed by atoms with Crippen molar-refractivity contribution in [1.29, 1.82) is 0 Å². The van der Waals surface area contributed by atoms with Gasteiger partial charge in [-0.3, -0.25) is 0 Å². The third-order valence-electron chi connectivity index (χ3n) is 3.72. The number of alkyl halides is 3. The highest BCUT2D eigenvalue weighted by Crippen LogP contribution is 2.36. The largest absolute Gasteiger partial charge is 0.484 e. The smallest absolute Gasteiger partial charge is 0.422 e. The van der Waals surface area contributed by atoms with Crippen molar-refractivity contribution in [2.24, 2.45) is 5.41 Å². The highest BCUT2D eigenvalue weighted by atomic mass is 32.2. The van der Waals surface area contributed by atoms with Crippen molar-refractivity contribution >= 4 is 17.4 Å². The standard InChI is InChI=1S/C15H20F3NOS/c1-14(2)7-8-21-9-13(14)19-11-3-5-12(6-4-11)20-10-15(16,17)18/h3-6,13,19H,7-10H2,1-2H3. The van der Waals surface area contributed by atoms with Crippen LogP contribution in [0.1, 0.15) is 20.3 Å². The number of rotatable bonds is 4. The van der Waals surface area contributed by atoms with Gasteiger partial charge < -0.3 is 10.1 Å². The van der Waals surface area contributed by atoms with Crippen LogP contribution in [0.25, 0.3) is 0 Å². The zero-order valence-electron chi connectivity index (χ0n) is 12.2. The first-order valence-corrected chi connectivity index (χ1v) is 8.06. The van der Waals surface area contributed by atoms with Crippen LogP contribution in [0.15, 0.2) is 24.3 Å². The normalized spacial score (nSPS) is 21.9. The molecule has 0 saturated carbocycles. The Morgan fingerprint density at radius 2 is 1.95 bits per heavy atom. The quantitative estimate of drug-likeness (QED) is 0.878. The molecule has 118 valence electrons. The molecule has 0 aromatic heterocycles. The van der Waals surface area contributed by atoms with Crippen molar-refractivity contribution in [3.63, 3.8) is 0 Å². The molecule has 1 aliphatic rings. The van der Waals surface area contributed by atoms with E-state index in [0.717, 1.165) is 17.9 Å². The molecule has 1 aliphatic heterocycles. The molecule has 0 radical (unpaired) electrons. The summed E-state index contributed by atoms with van der Waals surface area (Å²) in [5.74, 6) is 2.45. The second-order valence-electron chi connectivity index (χ2n) is 5.94. The van der Waals surface area contributed by atoms with Crippen molar-refractivity contribution in [2.45, 2.75) is 32.5 Å². The minimum atomic E-state index is -4.31. The molecule has 0 spiro atoms. The van der Waals surface area contributed by atoms with E-state index < -0.39 is 12.8 Å². The fourth-order valence-corrected chi connectivity index (χ4v) is 3.79. The van der Waals surface area contributed by atoms with E-state index in [4.69, 9.17) is 4.74 Å². The van der Waals surface area contributed by atoms with Gasteiger partial charge in [0, 0.05) is 17.5 Å². The summed E-state index contributed by atoms with van der Waals surface area (Å²) >= 11 is 1.93. The summed E-state index contributed by atoms with van der Waals surface area (Å²) in [6.07, 6.45) is -3.15. The number of benzene rings is 1. The summed E-state index contributed by atoms with van der Waals surface area (Å²) < 4.78 is 40.9. The molecule has 2 nitrogen and oxygen atoms in total. The molecular formula is C15H20F3NOS. The Hall–Kier alpha value is -1.04. The summed E-state index contributed by atoms with van der Waals surface area (Å²) in [4.78, 5) is 0. The van der Waals surface area contributed by atoms with Crippen LogP contribution in [0.3, 0.4) is 0 Å². The lowest BCUT2D eigenvalue weighted by molar-refractivity contribution is -0.153. The zero-order chi connectivity index (χ0) is 15.5. The van der Waals surface area contributed by atoms with E-state index in [1.54, 1.807) is 24.3 Å². The average molecular weight is 319 g/mol. The fourth-order valence-electron chi connectivity index (χ4n) is 2.19. The van der Waals surface area contributed by atoms with E-state index in [2.05, 4.69) is 19.2 Å². The van der Waals surface area contributed by atoms with E-state index in [1.807, 2.05) is 11.8 Å². The first-order chi connectivity index (χ1) is 9.76. The van der Waals surface area contributed by atoms with Gasteiger partial charge in [-0.2, -0.15) is 24.9 Å². The molecule has 2 rings (SSSR count). The van der Waals surface area contributed by atoms with Crippen molar-refractivity contribution in [1.82, 2.24) is 0 Å². The highest BCUT2D eigenvalue weighted by Gasteiger charge is 2.32. The van der Waals surface area contributed by atoms with E-state index >= 15 is 0 Å². The van der Waals surface area contributed by atoms with Crippen LogP contribution in [0.4, 0.5) is 18.9 Å². The Morgan fingerprint density at radius 3 is 2.52 bits per heavy atom. The maximum atomic E-state index is 12.1. The van der Waals surface area contributed by atoms with Crippen LogP contribution in [0.2, 0.25) is 0 Å². The summed E-state index contributed by atoms with van der Waals surface area (Å²) in [5, 5.41) is 3.47. The Morgan fingerprint density at radius 1 is 1.29 bits per heavy atom. The van der Waals surface area contributed by atoms with Crippen molar-refractivity contribution in [3.8, 4) is 5.75 Å². The minimum absolute atomic E-state index is 0.219. The minimum Gasteiger partial charge on any atom is -0.484 e. The summed E-state index contributed by atoms with van der Waals surface area (Å²) in [6, 6.07) is 7.02. The number of halogens is 3. The molecule has 1 saturated heterocycles. The van der Waals surface area contributed by atoms with Gasteiger partial charge in [-0.15, -0.1) is 0 Å². The average Bonchev–Trinajstić information content (AvgIpc) is 2.39. The van der Waals surface area contributed by atoms with E-state index in [-0.39, 0.29) is 11.2 Å². The van der Waals surface area contributed by atoms with E-state index in [0.29, 0.717) is 6.04 Å². The number of anilines is 1. The summed E-state index contributed by atoms with van der Waals surface area (Å²) in [5.41, 5.74) is 1.13. The molecular weight excluding hydrogens is 299 g/mol. The lowest BCUT2D eigenvalue weighted by Crippen LogP contribution is -2.41.